The molecular formula is C12H9ClN2. The van der Waals surface area contributed by atoms with Gasteiger partial charge in [-0.3, -0.25) is 0 Å². The van der Waals surface area contributed by atoms with Crippen molar-refractivity contribution in [2.24, 2.45) is 7.05 Å². The summed E-state index contributed by atoms with van der Waals surface area (Å²) in [5, 5.41) is 2.93. The van der Waals surface area contributed by atoms with Gasteiger partial charge in [0.15, 0.2) is 0 Å². The largest absolute Gasteiger partial charge is 0.318 e. The van der Waals surface area contributed by atoms with Crippen molar-refractivity contribution in [2.75, 3.05) is 0 Å². The lowest BCUT2D eigenvalue weighted by molar-refractivity contribution is 0.949. The molecule has 0 N–H and O–H groups in total. The molecule has 3 heteroatoms. The Bertz CT molecular complexity index is 655. The third-order valence-electron chi connectivity index (χ3n) is 2.69. The Morgan fingerprint density at radius 2 is 1.80 bits per heavy atom. The number of aryl methyl sites for hydroxylation is 1. The van der Waals surface area contributed by atoms with Gasteiger partial charge in [0, 0.05) is 7.05 Å². The molecule has 2 aromatic carbocycles. The molecule has 15 heavy (non-hydrogen) atoms. The van der Waals surface area contributed by atoms with E-state index in [-0.39, 0.29) is 0 Å². The summed E-state index contributed by atoms with van der Waals surface area (Å²) in [6.45, 7) is 0. The Morgan fingerprint density at radius 3 is 2.53 bits per heavy atom. The highest BCUT2D eigenvalue weighted by atomic mass is 35.5. The highest BCUT2D eigenvalue weighted by Gasteiger charge is 2.06. The van der Waals surface area contributed by atoms with Crippen LogP contribution in [0, 0.1) is 0 Å². The summed E-state index contributed by atoms with van der Waals surface area (Å²) in [5.74, 6) is 0. The van der Waals surface area contributed by atoms with Crippen molar-refractivity contribution in [2.45, 2.75) is 0 Å². The first-order chi connectivity index (χ1) is 7.25. The Kier molecular flexibility index (Phi) is 1.73. The molecule has 74 valence electrons. The summed E-state index contributed by atoms with van der Waals surface area (Å²) >= 11 is 5.97. The van der Waals surface area contributed by atoms with Gasteiger partial charge in [0.2, 0.25) is 5.28 Å². The summed E-state index contributed by atoms with van der Waals surface area (Å²) in [5.41, 5.74) is 2.01. The molecule has 0 unspecified atom stereocenters. The number of aromatic nitrogens is 2. The topological polar surface area (TPSA) is 17.8 Å². The molecule has 0 spiro atoms. The number of hydrogen-bond acceptors (Lipinski definition) is 1. The van der Waals surface area contributed by atoms with E-state index in [4.69, 9.17) is 11.6 Å². The normalized spacial score (nSPS) is 11.3. The maximum absolute atomic E-state index is 5.97. The molecule has 2 nitrogen and oxygen atoms in total. The van der Waals surface area contributed by atoms with E-state index >= 15 is 0 Å². The number of hydrogen-bond donors (Lipinski definition) is 0. The molecule has 1 heterocycles. The zero-order chi connectivity index (χ0) is 10.4. The second-order valence-corrected chi connectivity index (χ2v) is 3.97. The monoisotopic (exact) mass is 216 g/mol. The van der Waals surface area contributed by atoms with Crippen LogP contribution in [0.3, 0.4) is 0 Å². The Balaban J connectivity index is 2.53. The first-order valence-electron chi connectivity index (χ1n) is 4.76. The molecule has 0 bridgehead atoms. The fourth-order valence-corrected chi connectivity index (χ4v) is 2.03. The van der Waals surface area contributed by atoms with Crippen molar-refractivity contribution in [3.63, 3.8) is 0 Å². The SMILES string of the molecule is Cn1c(Cl)nc2cc3ccccc3cc21. The van der Waals surface area contributed by atoms with Crippen molar-refractivity contribution >= 4 is 33.4 Å². The van der Waals surface area contributed by atoms with Gasteiger partial charge in [-0.05, 0) is 34.5 Å². The van der Waals surface area contributed by atoms with E-state index < -0.39 is 0 Å². The van der Waals surface area contributed by atoms with Crippen molar-refractivity contribution in [1.29, 1.82) is 0 Å². The van der Waals surface area contributed by atoms with E-state index in [1.54, 1.807) is 0 Å². The molecule has 0 radical (unpaired) electrons. The van der Waals surface area contributed by atoms with Crippen LogP contribution in [0.1, 0.15) is 0 Å². The maximum atomic E-state index is 5.97. The molecule has 0 saturated carbocycles. The van der Waals surface area contributed by atoms with Gasteiger partial charge < -0.3 is 4.57 Å². The highest BCUT2D eigenvalue weighted by molar-refractivity contribution is 6.29. The number of halogens is 1. The number of benzene rings is 2. The van der Waals surface area contributed by atoms with Crippen LogP contribution in [-0.4, -0.2) is 9.55 Å². The van der Waals surface area contributed by atoms with Crippen molar-refractivity contribution < 1.29 is 0 Å². The van der Waals surface area contributed by atoms with Crippen LogP contribution in [0.15, 0.2) is 36.4 Å². The highest BCUT2D eigenvalue weighted by Crippen LogP contribution is 2.24. The lowest BCUT2D eigenvalue weighted by atomic mass is 10.1. The van der Waals surface area contributed by atoms with Crippen LogP contribution in [-0.2, 0) is 7.05 Å². The molecule has 3 rings (SSSR count). The van der Waals surface area contributed by atoms with Gasteiger partial charge in [0.25, 0.3) is 0 Å². The molecule has 0 aliphatic carbocycles. The van der Waals surface area contributed by atoms with Gasteiger partial charge in [0.05, 0.1) is 11.0 Å². The summed E-state index contributed by atoms with van der Waals surface area (Å²) in [4.78, 5) is 4.29. The minimum absolute atomic E-state index is 0.528. The lowest BCUT2D eigenvalue weighted by Gasteiger charge is -1.98. The molecule has 0 saturated heterocycles. The van der Waals surface area contributed by atoms with Crippen LogP contribution < -0.4 is 0 Å². The molecule has 0 aliphatic rings. The van der Waals surface area contributed by atoms with Gasteiger partial charge >= 0.3 is 0 Å². The van der Waals surface area contributed by atoms with Gasteiger partial charge in [0.1, 0.15) is 0 Å². The first kappa shape index (κ1) is 8.74. The smallest absolute Gasteiger partial charge is 0.203 e. The van der Waals surface area contributed by atoms with Gasteiger partial charge in [-0.2, -0.15) is 0 Å². The minimum atomic E-state index is 0.528. The van der Waals surface area contributed by atoms with Gasteiger partial charge in [-0.1, -0.05) is 24.3 Å². The Hall–Kier alpha value is -1.54. The van der Waals surface area contributed by atoms with Crippen molar-refractivity contribution in [1.82, 2.24) is 9.55 Å². The summed E-state index contributed by atoms with van der Waals surface area (Å²) in [6.07, 6.45) is 0. The van der Waals surface area contributed by atoms with Crippen LogP contribution in [0.25, 0.3) is 21.8 Å². The predicted molar refractivity (Wildman–Crippen MR) is 63.2 cm³/mol. The van der Waals surface area contributed by atoms with Crippen LogP contribution in [0.4, 0.5) is 0 Å². The molecule has 0 amide bonds. The Morgan fingerprint density at radius 1 is 1.13 bits per heavy atom. The molecule has 3 aromatic rings. The third kappa shape index (κ3) is 1.22. The van der Waals surface area contributed by atoms with Crippen LogP contribution in [0.5, 0.6) is 0 Å². The maximum Gasteiger partial charge on any atom is 0.203 e. The van der Waals surface area contributed by atoms with E-state index in [9.17, 15) is 0 Å². The quantitative estimate of drug-likeness (QED) is 0.563. The first-order valence-corrected chi connectivity index (χ1v) is 5.14. The van der Waals surface area contributed by atoms with E-state index in [0.29, 0.717) is 5.28 Å². The van der Waals surface area contributed by atoms with E-state index in [2.05, 4.69) is 29.2 Å². The zero-order valence-corrected chi connectivity index (χ0v) is 8.99. The molecule has 0 fully saturated rings. The molecular weight excluding hydrogens is 208 g/mol. The lowest BCUT2D eigenvalue weighted by Crippen LogP contribution is -1.86. The van der Waals surface area contributed by atoms with Crippen LogP contribution >= 0.6 is 11.6 Å². The van der Waals surface area contributed by atoms with Crippen molar-refractivity contribution in [3.05, 3.63) is 41.7 Å². The third-order valence-corrected chi connectivity index (χ3v) is 3.03. The molecule has 1 aromatic heterocycles. The summed E-state index contributed by atoms with van der Waals surface area (Å²) in [7, 11) is 1.92. The summed E-state index contributed by atoms with van der Waals surface area (Å²) < 4.78 is 1.89. The standard InChI is InChI=1S/C12H9ClN2/c1-15-11-7-9-5-3-2-4-8(9)6-10(11)14-12(15)13/h2-7H,1H3. The number of rotatable bonds is 0. The fourth-order valence-electron chi connectivity index (χ4n) is 1.85. The van der Waals surface area contributed by atoms with E-state index in [0.717, 1.165) is 11.0 Å². The minimum Gasteiger partial charge on any atom is -0.318 e. The van der Waals surface area contributed by atoms with Crippen molar-refractivity contribution in [3.8, 4) is 0 Å². The number of imidazole rings is 1. The van der Waals surface area contributed by atoms with Gasteiger partial charge in [-0.15, -0.1) is 0 Å². The van der Waals surface area contributed by atoms with Gasteiger partial charge in [-0.25, -0.2) is 4.98 Å². The zero-order valence-electron chi connectivity index (χ0n) is 8.24. The average molecular weight is 217 g/mol. The van der Waals surface area contributed by atoms with Crippen LogP contribution in [0.2, 0.25) is 5.28 Å². The number of nitrogens with zero attached hydrogens (tertiary/aromatic N) is 2. The fraction of sp³-hybridized carbons (Fsp3) is 0.0833. The molecule has 0 atom stereocenters. The van der Waals surface area contributed by atoms with E-state index in [1.165, 1.54) is 10.8 Å². The Labute approximate surface area is 92.1 Å². The second-order valence-electron chi connectivity index (χ2n) is 3.63. The molecule has 0 aliphatic heterocycles. The van der Waals surface area contributed by atoms with E-state index in [1.807, 2.05) is 23.7 Å². The number of fused-ring (bicyclic) bond motifs is 2. The predicted octanol–water partition coefficient (Wildman–Crippen LogP) is 3.38. The summed E-state index contributed by atoms with van der Waals surface area (Å²) in [6, 6.07) is 12.4. The second kappa shape index (κ2) is 2.97. The average Bonchev–Trinajstić information content (AvgIpc) is 2.52.